The van der Waals surface area contributed by atoms with E-state index in [1.54, 1.807) is 0 Å². The van der Waals surface area contributed by atoms with Gasteiger partial charge < -0.3 is 8.85 Å². The van der Waals surface area contributed by atoms with Crippen molar-refractivity contribution in [2.45, 2.75) is 90.6 Å². The van der Waals surface area contributed by atoms with Gasteiger partial charge in [0.1, 0.15) is 0 Å². The highest BCUT2D eigenvalue weighted by molar-refractivity contribution is 6.74. The van der Waals surface area contributed by atoms with Gasteiger partial charge in [-0.05, 0) is 49.1 Å². The molecule has 0 amide bonds. The van der Waals surface area contributed by atoms with Gasteiger partial charge in [-0.25, -0.2) is 0 Å². The molecule has 2 nitrogen and oxygen atoms in total. The van der Waals surface area contributed by atoms with Crippen LogP contribution in [0.1, 0.15) is 54.4 Å². The molecule has 1 aliphatic carbocycles. The van der Waals surface area contributed by atoms with Crippen LogP contribution in [-0.4, -0.2) is 29.8 Å². The Hall–Kier alpha value is -0.166. The maximum absolute atomic E-state index is 6.62. The molecule has 4 heteroatoms. The maximum atomic E-state index is 6.62. The Kier molecular flexibility index (Phi) is 6.50. The molecule has 0 aromatic heterocycles. The highest BCUT2D eigenvalue weighted by Gasteiger charge is 2.45. The zero-order chi connectivity index (χ0) is 19.9. The maximum Gasteiger partial charge on any atom is 0.192 e. The second kappa shape index (κ2) is 7.10. The van der Waals surface area contributed by atoms with E-state index >= 15 is 0 Å². The minimum atomic E-state index is -1.78. The first-order valence-corrected chi connectivity index (χ1v) is 15.4. The number of allylic oxidation sites excluding steroid dienone is 2. The monoisotopic (exact) mass is 382 g/mol. The molecule has 0 heterocycles. The Morgan fingerprint density at radius 3 is 1.28 bits per heavy atom. The molecule has 1 aliphatic rings. The van der Waals surface area contributed by atoms with Gasteiger partial charge in [0.15, 0.2) is 16.6 Å². The lowest BCUT2D eigenvalue weighted by Gasteiger charge is -2.42. The van der Waals surface area contributed by atoms with Gasteiger partial charge >= 0.3 is 0 Å². The first-order valence-electron chi connectivity index (χ1n) is 9.56. The average Bonchev–Trinajstić information content (AvgIpc) is 2.68. The molecule has 0 saturated heterocycles. The Balaban J connectivity index is 2.94. The zero-order valence-electron chi connectivity index (χ0n) is 18.6. The molecule has 1 saturated carbocycles. The van der Waals surface area contributed by atoms with Crippen LogP contribution in [-0.2, 0) is 8.85 Å². The lowest BCUT2D eigenvalue weighted by molar-refractivity contribution is 0.0759. The molecule has 0 aromatic carbocycles. The highest BCUT2D eigenvalue weighted by Crippen LogP contribution is 2.47. The van der Waals surface area contributed by atoms with E-state index in [1.807, 2.05) is 0 Å². The van der Waals surface area contributed by atoms with Crippen LogP contribution in [0.4, 0.5) is 0 Å². The quantitative estimate of drug-likeness (QED) is 0.464. The summed E-state index contributed by atoms with van der Waals surface area (Å²) < 4.78 is 13.2. The normalized spacial score (nSPS) is 19.6. The fraction of sp³-hybridized carbons (Fsp3) is 0.810. The van der Waals surface area contributed by atoms with Crippen LogP contribution in [0.3, 0.4) is 0 Å². The molecule has 1 fully saturated rings. The standard InChI is InChI=1S/C21H42O2Si2/c1-17-13-21(14-18(17)2,15-22-24(9,10)19(3,4)5)16-23-25(11,12)20(6,7)8/h1-2,13-16H2,3-12H3. The molecule has 0 aliphatic heterocycles. The summed E-state index contributed by atoms with van der Waals surface area (Å²) in [4.78, 5) is 0. The number of hydrogen-bond donors (Lipinski definition) is 0. The van der Waals surface area contributed by atoms with Gasteiger partial charge in [0.05, 0.1) is 0 Å². The van der Waals surface area contributed by atoms with E-state index in [1.165, 1.54) is 11.1 Å². The van der Waals surface area contributed by atoms with Gasteiger partial charge in [0, 0.05) is 18.6 Å². The Labute approximate surface area is 159 Å². The van der Waals surface area contributed by atoms with Gasteiger partial charge in [0.25, 0.3) is 0 Å². The summed E-state index contributed by atoms with van der Waals surface area (Å²) in [6, 6.07) is 0. The molecule has 25 heavy (non-hydrogen) atoms. The summed E-state index contributed by atoms with van der Waals surface area (Å²) in [6.07, 6.45) is 1.91. The molecule has 0 bridgehead atoms. The molecule has 0 spiro atoms. The van der Waals surface area contributed by atoms with E-state index in [4.69, 9.17) is 8.85 Å². The van der Waals surface area contributed by atoms with Crippen molar-refractivity contribution in [2.75, 3.05) is 13.2 Å². The third-order valence-electron chi connectivity index (χ3n) is 6.77. The van der Waals surface area contributed by atoms with Crippen LogP contribution < -0.4 is 0 Å². The third kappa shape index (κ3) is 5.41. The first kappa shape index (κ1) is 22.9. The van der Waals surface area contributed by atoms with Crippen LogP contribution in [0.2, 0.25) is 36.3 Å². The minimum absolute atomic E-state index is 0.0131. The minimum Gasteiger partial charge on any atom is -0.416 e. The Bertz CT molecular complexity index is 471. The van der Waals surface area contributed by atoms with Crippen molar-refractivity contribution in [1.82, 2.24) is 0 Å². The molecular formula is C21H42O2Si2. The summed E-state index contributed by atoms with van der Waals surface area (Å²) >= 11 is 0. The predicted octanol–water partition coefficient (Wildman–Crippen LogP) is 6.92. The Morgan fingerprint density at radius 1 is 0.760 bits per heavy atom. The molecule has 0 aromatic rings. The second-order valence-corrected chi connectivity index (χ2v) is 20.8. The summed E-state index contributed by atoms with van der Waals surface area (Å²) in [5.74, 6) is 0. The Morgan fingerprint density at radius 2 is 1.04 bits per heavy atom. The second-order valence-electron chi connectivity index (χ2n) is 11.2. The third-order valence-corrected chi connectivity index (χ3v) is 15.7. The van der Waals surface area contributed by atoms with E-state index in [-0.39, 0.29) is 15.5 Å². The fourth-order valence-electron chi connectivity index (χ4n) is 2.56. The molecule has 0 atom stereocenters. The molecule has 146 valence electrons. The van der Waals surface area contributed by atoms with Crippen LogP contribution in [0.5, 0.6) is 0 Å². The van der Waals surface area contributed by atoms with Gasteiger partial charge in [-0.3, -0.25) is 0 Å². The van der Waals surface area contributed by atoms with Gasteiger partial charge in [0.2, 0.25) is 0 Å². The largest absolute Gasteiger partial charge is 0.416 e. The summed E-state index contributed by atoms with van der Waals surface area (Å²) in [5.41, 5.74) is 2.37. The fourth-order valence-corrected chi connectivity index (χ4v) is 4.76. The van der Waals surface area contributed by atoms with Gasteiger partial charge in [-0.1, -0.05) is 65.8 Å². The number of hydrogen-bond acceptors (Lipinski definition) is 2. The lowest BCUT2D eigenvalue weighted by atomic mass is 9.88. The smallest absolute Gasteiger partial charge is 0.192 e. The zero-order valence-corrected chi connectivity index (χ0v) is 20.6. The van der Waals surface area contributed by atoms with Crippen molar-refractivity contribution < 1.29 is 8.85 Å². The topological polar surface area (TPSA) is 18.5 Å². The molecule has 0 unspecified atom stereocenters. The van der Waals surface area contributed by atoms with Crippen molar-refractivity contribution in [3.05, 3.63) is 24.3 Å². The van der Waals surface area contributed by atoms with Crippen LogP contribution in [0.25, 0.3) is 0 Å². The molecule has 0 radical (unpaired) electrons. The van der Waals surface area contributed by atoms with Crippen molar-refractivity contribution in [1.29, 1.82) is 0 Å². The molecule has 0 N–H and O–H groups in total. The summed E-state index contributed by atoms with van der Waals surface area (Å²) in [6.45, 7) is 33.1. The average molecular weight is 383 g/mol. The summed E-state index contributed by atoms with van der Waals surface area (Å²) in [7, 11) is -3.56. The van der Waals surface area contributed by atoms with Crippen molar-refractivity contribution >= 4 is 16.6 Å². The van der Waals surface area contributed by atoms with E-state index in [9.17, 15) is 0 Å². The van der Waals surface area contributed by atoms with E-state index in [0.717, 1.165) is 26.1 Å². The molecule has 1 rings (SSSR count). The van der Waals surface area contributed by atoms with E-state index < -0.39 is 16.6 Å². The lowest BCUT2D eigenvalue weighted by Crippen LogP contribution is -2.47. The van der Waals surface area contributed by atoms with Crippen molar-refractivity contribution in [3.63, 3.8) is 0 Å². The predicted molar refractivity (Wildman–Crippen MR) is 116 cm³/mol. The van der Waals surface area contributed by atoms with E-state index in [0.29, 0.717) is 0 Å². The van der Waals surface area contributed by atoms with Crippen molar-refractivity contribution in [3.8, 4) is 0 Å². The van der Waals surface area contributed by atoms with E-state index in [2.05, 4.69) is 80.9 Å². The molecular weight excluding hydrogens is 340 g/mol. The van der Waals surface area contributed by atoms with Crippen LogP contribution >= 0.6 is 0 Å². The van der Waals surface area contributed by atoms with Crippen LogP contribution in [0.15, 0.2) is 24.3 Å². The van der Waals surface area contributed by atoms with Crippen molar-refractivity contribution in [2.24, 2.45) is 5.41 Å². The van der Waals surface area contributed by atoms with Gasteiger partial charge in [-0.15, -0.1) is 0 Å². The highest BCUT2D eigenvalue weighted by atomic mass is 28.4. The van der Waals surface area contributed by atoms with Gasteiger partial charge in [-0.2, -0.15) is 0 Å². The number of rotatable bonds is 6. The summed E-state index contributed by atoms with van der Waals surface area (Å²) in [5, 5.41) is 0.447. The van der Waals surface area contributed by atoms with Crippen LogP contribution in [0, 0.1) is 5.41 Å². The first-order chi connectivity index (χ1) is 10.9. The SMILES string of the molecule is C=C1CC(CO[Si](C)(C)C(C)(C)C)(CO[Si](C)(C)C(C)(C)C)CC1=C.